The summed E-state index contributed by atoms with van der Waals surface area (Å²) in [5, 5.41) is 11.5. The fourth-order valence-corrected chi connectivity index (χ4v) is 2.42. The number of hydrogen-bond donors (Lipinski definition) is 2. The molecule has 106 valence electrons. The van der Waals surface area contributed by atoms with Gasteiger partial charge in [-0.2, -0.15) is 0 Å². The van der Waals surface area contributed by atoms with Gasteiger partial charge in [-0.15, -0.1) is 11.3 Å². The predicted molar refractivity (Wildman–Crippen MR) is 72.5 cm³/mol. The molecule has 0 saturated heterocycles. The summed E-state index contributed by atoms with van der Waals surface area (Å²) in [6.45, 7) is 1.80. The van der Waals surface area contributed by atoms with Crippen LogP contribution >= 0.6 is 11.3 Å². The van der Waals surface area contributed by atoms with E-state index in [0.717, 1.165) is 4.88 Å². The maximum atomic E-state index is 11.5. The zero-order valence-electron chi connectivity index (χ0n) is 11.0. The number of carbonyl (C=O) groups is 2. The van der Waals surface area contributed by atoms with E-state index in [9.17, 15) is 9.59 Å². The highest BCUT2D eigenvalue weighted by molar-refractivity contribution is 7.13. The van der Waals surface area contributed by atoms with Gasteiger partial charge in [-0.05, 0) is 19.2 Å². The number of nitrogens with zero attached hydrogens (tertiary/aromatic N) is 1. The highest BCUT2D eigenvalue weighted by Gasteiger charge is 2.10. The van der Waals surface area contributed by atoms with Crippen LogP contribution in [0.3, 0.4) is 0 Å². The van der Waals surface area contributed by atoms with Crippen molar-refractivity contribution >= 4 is 23.2 Å². The van der Waals surface area contributed by atoms with E-state index in [1.165, 1.54) is 11.3 Å². The monoisotopic (exact) mass is 286 g/mol. The zero-order valence-corrected chi connectivity index (χ0v) is 11.8. The van der Waals surface area contributed by atoms with Gasteiger partial charge in [-0.3, -0.25) is 9.69 Å². The molecule has 1 amide bonds. The van der Waals surface area contributed by atoms with Gasteiger partial charge >= 0.3 is 5.97 Å². The quantitative estimate of drug-likeness (QED) is 0.686. The molecule has 0 bridgehead atoms. The normalized spacial score (nSPS) is 10.7. The summed E-state index contributed by atoms with van der Waals surface area (Å²) in [6, 6.07) is 3.35. The number of carboxylic acids is 1. The summed E-state index contributed by atoms with van der Waals surface area (Å²) in [5.74, 6) is -0.995. The van der Waals surface area contributed by atoms with Crippen LogP contribution in [0, 0.1) is 0 Å². The number of carboxylic acid groups (broad SMARTS) is 1. The van der Waals surface area contributed by atoms with Crippen molar-refractivity contribution in [3.05, 3.63) is 21.9 Å². The fraction of sp³-hybridized carbons (Fsp3) is 0.500. The standard InChI is InChI=1S/C12H18N2O4S/c1-14(8-11(15)13-5-6-18-2)7-9-3-4-10(19-9)12(16)17/h3-4H,5-8H2,1-2H3,(H,13,15)(H,16,17). The van der Waals surface area contributed by atoms with E-state index in [1.807, 2.05) is 11.9 Å². The Hall–Kier alpha value is -1.44. The second kappa shape index (κ2) is 7.88. The number of carbonyl (C=O) groups excluding carboxylic acids is 1. The molecule has 19 heavy (non-hydrogen) atoms. The predicted octanol–water partition coefficient (Wildman–Crippen LogP) is 0.641. The Kier molecular flexibility index (Phi) is 6.48. The summed E-state index contributed by atoms with van der Waals surface area (Å²) < 4.78 is 4.84. The van der Waals surface area contributed by atoms with Gasteiger partial charge in [0.2, 0.25) is 5.91 Å². The summed E-state index contributed by atoms with van der Waals surface area (Å²) in [4.78, 5) is 25.3. The highest BCUT2D eigenvalue weighted by Crippen LogP contribution is 2.17. The van der Waals surface area contributed by atoms with Gasteiger partial charge in [-0.25, -0.2) is 4.79 Å². The first-order valence-corrected chi connectivity index (χ1v) is 6.60. The number of hydrogen-bond acceptors (Lipinski definition) is 5. The average molecular weight is 286 g/mol. The van der Waals surface area contributed by atoms with Gasteiger partial charge in [-0.1, -0.05) is 0 Å². The molecule has 7 heteroatoms. The van der Waals surface area contributed by atoms with Gasteiger partial charge < -0.3 is 15.2 Å². The molecule has 1 heterocycles. The Labute approximate surface area is 116 Å². The molecule has 6 nitrogen and oxygen atoms in total. The van der Waals surface area contributed by atoms with E-state index in [0.29, 0.717) is 24.6 Å². The molecule has 0 aromatic carbocycles. The first-order chi connectivity index (χ1) is 9.02. The molecule has 1 aromatic rings. The van der Waals surface area contributed by atoms with Gasteiger partial charge in [0.25, 0.3) is 0 Å². The minimum atomic E-state index is -0.920. The van der Waals surface area contributed by atoms with E-state index in [1.54, 1.807) is 19.2 Å². The molecular weight excluding hydrogens is 268 g/mol. The number of thiophene rings is 1. The maximum Gasteiger partial charge on any atom is 0.345 e. The average Bonchev–Trinajstić information content (AvgIpc) is 2.77. The Morgan fingerprint density at radius 2 is 2.21 bits per heavy atom. The molecule has 0 aliphatic carbocycles. The first kappa shape index (κ1) is 15.6. The number of likely N-dealkylation sites (N-methyl/N-ethyl adjacent to an activating group) is 1. The molecule has 0 fully saturated rings. The second-order valence-corrected chi connectivity index (χ2v) is 5.25. The van der Waals surface area contributed by atoms with Crippen LogP contribution in [-0.2, 0) is 16.1 Å². The summed E-state index contributed by atoms with van der Waals surface area (Å²) in [5.41, 5.74) is 0. The number of ether oxygens (including phenoxy) is 1. The summed E-state index contributed by atoms with van der Waals surface area (Å²) >= 11 is 1.22. The largest absolute Gasteiger partial charge is 0.477 e. The van der Waals surface area contributed by atoms with Crippen LogP contribution in [0.2, 0.25) is 0 Å². The third-order valence-corrected chi connectivity index (χ3v) is 3.40. The van der Waals surface area contributed by atoms with Crippen LogP contribution in [0.25, 0.3) is 0 Å². The van der Waals surface area contributed by atoms with Crippen molar-refractivity contribution in [1.82, 2.24) is 10.2 Å². The van der Waals surface area contributed by atoms with Gasteiger partial charge in [0.1, 0.15) is 4.88 Å². The molecule has 0 saturated carbocycles. The zero-order chi connectivity index (χ0) is 14.3. The Morgan fingerprint density at radius 1 is 1.47 bits per heavy atom. The van der Waals surface area contributed by atoms with E-state index < -0.39 is 5.97 Å². The topological polar surface area (TPSA) is 78.9 Å². The van der Waals surface area contributed by atoms with Crippen LogP contribution in [0.1, 0.15) is 14.5 Å². The molecule has 0 atom stereocenters. The van der Waals surface area contributed by atoms with Crippen molar-refractivity contribution in [3.8, 4) is 0 Å². The third kappa shape index (κ3) is 5.82. The summed E-state index contributed by atoms with van der Waals surface area (Å²) in [7, 11) is 3.39. The molecule has 0 aliphatic rings. The Balaban J connectivity index is 2.35. The minimum Gasteiger partial charge on any atom is -0.477 e. The molecule has 0 aliphatic heterocycles. The number of rotatable bonds is 8. The molecule has 0 spiro atoms. The van der Waals surface area contributed by atoms with Crippen LogP contribution in [-0.4, -0.2) is 55.7 Å². The molecule has 2 N–H and O–H groups in total. The second-order valence-electron chi connectivity index (χ2n) is 4.09. The molecular formula is C12H18N2O4S. The van der Waals surface area contributed by atoms with E-state index in [-0.39, 0.29) is 12.5 Å². The van der Waals surface area contributed by atoms with E-state index in [2.05, 4.69) is 5.32 Å². The summed E-state index contributed by atoms with van der Waals surface area (Å²) in [6.07, 6.45) is 0. The smallest absolute Gasteiger partial charge is 0.345 e. The number of amides is 1. The van der Waals surface area contributed by atoms with Crippen LogP contribution in [0.5, 0.6) is 0 Å². The van der Waals surface area contributed by atoms with Gasteiger partial charge in [0.05, 0.1) is 13.2 Å². The van der Waals surface area contributed by atoms with Crippen molar-refractivity contribution in [1.29, 1.82) is 0 Å². The van der Waals surface area contributed by atoms with Crippen LogP contribution in [0.15, 0.2) is 12.1 Å². The van der Waals surface area contributed by atoms with Crippen molar-refractivity contribution in [2.75, 3.05) is 33.9 Å². The fourth-order valence-electron chi connectivity index (χ4n) is 1.49. The van der Waals surface area contributed by atoms with Crippen molar-refractivity contribution in [2.45, 2.75) is 6.54 Å². The molecule has 1 rings (SSSR count). The first-order valence-electron chi connectivity index (χ1n) is 5.79. The minimum absolute atomic E-state index is 0.0745. The molecule has 0 radical (unpaired) electrons. The Morgan fingerprint density at radius 3 is 2.79 bits per heavy atom. The number of nitrogens with one attached hydrogen (secondary N) is 1. The van der Waals surface area contributed by atoms with E-state index >= 15 is 0 Å². The van der Waals surface area contributed by atoms with Gasteiger partial charge in [0.15, 0.2) is 0 Å². The third-order valence-electron chi connectivity index (χ3n) is 2.34. The van der Waals surface area contributed by atoms with E-state index in [4.69, 9.17) is 9.84 Å². The lowest BCUT2D eigenvalue weighted by Crippen LogP contribution is -2.36. The number of aromatic carboxylic acids is 1. The van der Waals surface area contributed by atoms with Crippen molar-refractivity contribution in [2.24, 2.45) is 0 Å². The number of methoxy groups -OCH3 is 1. The lowest BCUT2D eigenvalue weighted by atomic mass is 10.4. The van der Waals surface area contributed by atoms with Crippen LogP contribution in [0.4, 0.5) is 0 Å². The molecule has 0 unspecified atom stereocenters. The maximum absolute atomic E-state index is 11.5. The lowest BCUT2D eigenvalue weighted by molar-refractivity contribution is -0.122. The van der Waals surface area contributed by atoms with Crippen molar-refractivity contribution < 1.29 is 19.4 Å². The van der Waals surface area contributed by atoms with Crippen LogP contribution < -0.4 is 5.32 Å². The SMILES string of the molecule is COCCNC(=O)CN(C)Cc1ccc(C(=O)O)s1. The van der Waals surface area contributed by atoms with Crippen molar-refractivity contribution in [3.63, 3.8) is 0 Å². The van der Waals surface area contributed by atoms with Gasteiger partial charge in [0, 0.05) is 25.1 Å². The lowest BCUT2D eigenvalue weighted by Gasteiger charge is -2.15. The highest BCUT2D eigenvalue weighted by atomic mass is 32.1. The molecule has 1 aromatic heterocycles. The Bertz CT molecular complexity index is 433.